The summed E-state index contributed by atoms with van der Waals surface area (Å²) in [7, 11) is 2.00. The normalized spacial score (nSPS) is 10.1. The number of nitriles is 1. The number of nitrogens with zero attached hydrogens (tertiary/aromatic N) is 2. The van der Waals surface area contributed by atoms with E-state index in [1.54, 1.807) is 11.3 Å². The molecule has 0 radical (unpaired) electrons. The lowest BCUT2D eigenvalue weighted by atomic mass is 10.1. The second-order valence-corrected chi connectivity index (χ2v) is 5.94. The molecule has 1 aromatic heterocycles. The van der Waals surface area contributed by atoms with E-state index in [2.05, 4.69) is 11.0 Å². The van der Waals surface area contributed by atoms with Crippen molar-refractivity contribution >= 4 is 28.6 Å². The first kappa shape index (κ1) is 12.9. The SMILES string of the molecule is Cc1cccc(C#N)c1N(C)Cc1ccc(Cl)s1. The van der Waals surface area contributed by atoms with Gasteiger partial charge in [0.2, 0.25) is 0 Å². The third kappa shape index (κ3) is 2.66. The van der Waals surface area contributed by atoms with E-state index in [1.807, 2.05) is 44.3 Å². The van der Waals surface area contributed by atoms with Crippen LogP contribution in [0.2, 0.25) is 4.34 Å². The molecule has 0 N–H and O–H groups in total. The molecule has 0 saturated heterocycles. The van der Waals surface area contributed by atoms with Crippen molar-refractivity contribution in [1.29, 1.82) is 5.26 Å². The van der Waals surface area contributed by atoms with E-state index in [4.69, 9.17) is 16.9 Å². The molecule has 92 valence electrons. The van der Waals surface area contributed by atoms with Crippen LogP contribution in [-0.4, -0.2) is 7.05 Å². The number of para-hydroxylation sites is 1. The Morgan fingerprint density at radius 2 is 2.11 bits per heavy atom. The van der Waals surface area contributed by atoms with Gasteiger partial charge in [-0.05, 0) is 30.7 Å². The zero-order chi connectivity index (χ0) is 13.1. The number of aryl methyl sites for hydroxylation is 1. The van der Waals surface area contributed by atoms with Crippen molar-refractivity contribution in [1.82, 2.24) is 0 Å². The maximum atomic E-state index is 9.17. The molecule has 2 nitrogen and oxygen atoms in total. The lowest BCUT2D eigenvalue weighted by Gasteiger charge is -2.21. The summed E-state index contributed by atoms with van der Waals surface area (Å²) in [5.74, 6) is 0. The fraction of sp³-hybridized carbons (Fsp3) is 0.214. The van der Waals surface area contributed by atoms with Crippen LogP contribution in [-0.2, 0) is 6.54 Å². The van der Waals surface area contributed by atoms with Gasteiger partial charge in [0.05, 0.1) is 22.1 Å². The van der Waals surface area contributed by atoms with Gasteiger partial charge in [-0.15, -0.1) is 11.3 Å². The molecule has 0 unspecified atom stereocenters. The minimum Gasteiger partial charge on any atom is -0.368 e. The molecule has 0 aliphatic carbocycles. The second kappa shape index (κ2) is 5.43. The average molecular weight is 277 g/mol. The van der Waals surface area contributed by atoms with Crippen LogP contribution in [0.4, 0.5) is 5.69 Å². The number of anilines is 1. The van der Waals surface area contributed by atoms with Gasteiger partial charge >= 0.3 is 0 Å². The number of hydrogen-bond donors (Lipinski definition) is 0. The van der Waals surface area contributed by atoms with Gasteiger partial charge in [-0.1, -0.05) is 23.7 Å². The van der Waals surface area contributed by atoms with Crippen LogP contribution in [0.1, 0.15) is 16.0 Å². The Kier molecular flexibility index (Phi) is 3.90. The standard InChI is InChI=1S/C14H13ClN2S/c1-10-4-3-5-11(8-16)14(10)17(2)9-12-6-7-13(15)18-12/h3-7H,9H2,1-2H3. The first-order valence-electron chi connectivity index (χ1n) is 5.57. The highest BCUT2D eigenvalue weighted by molar-refractivity contribution is 7.16. The highest BCUT2D eigenvalue weighted by Crippen LogP contribution is 2.28. The van der Waals surface area contributed by atoms with Crippen LogP contribution in [0.15, 0.2) is 30.3 Å². The van der Waals surface area contributed by atoms with Crippen LogP contribution in [0, 0.1) is 18.3 Å². The smallest absolute Gasteiger partial charge is 0.101 e. The highest BCUT2D eigenvalue weighted by atomic mass is 35.5. The van der Waals surface area contributed by atoms with Crippen LogP contribution < -0.4 is 4.90 Å². The zero-order valence-corrected chi connectivity index (χ0v) is 11.8. The van der Waals surface area contributed by atoms with Crippen molar-refractivity contribution in [2.24, 2.45) is 0 Å². The number of thiophene rings is 1. The fourth-order valence-corrected chi connectivity index (χ4v) is 3.15. The van der Waals surface area contributed by atoms with Gasteiger partial charge in [0.25, 0.3) is 0 Å². The summed E-state index contributed by atoms with van der Waals surface area (Å²) in [5.41, 5.74) is 2.81. The molecule has 2 rings (SSSR count). The van der Waals surface area contributed by atoms with Crippen molar-refractivity contribution in [3.63, 3.8) is 0 Å². The quantitative estimate of drug-likeness (QED) is 0.839. The molecule has 0 spiro atoms. The molecule has 0 bridgehead atoms. The first-order valence-corrected chi connectivity index (χ1v) is 6.76. The summed E-state index contributed by atoms with van der Waals surface area (Å²) >= 11 is 7.50. The predicted molar refractivity (Wildman–Crippen MR) is 77.3 cm³/mol. The van der Waals surface area contributed by atoms with E-state index >= 15 is 0 Å². The maximum absolute atomic E-state index is 9.17. The number of hydrogen-bond acceptors (Lipinski definition) is 3. The van der Waals surface area contributed by atoms with E-state index in [0.29, 0.717) is 5.56 Å². The third-order valence-electron chi connectivity index (χ3n) is 2.76. The topological polar surface area (TPSA) is 27.0 Å². The van der Waals surface area contributed by atoms with E-state index in [0.717, 1.165) is 22.1 Å². The molecular weight excluding hydrogens is 264 g/mol. The van der Waals surface area contributed by atoms with Gasteiger partial charge in [0.1, 0.15) is 6.07 Å². The Balaban J connectivity index is 2.29. The molecule has 1 heterocycles. The summed E-state index contributed by atoms with van der Waals surface area (Å²) in [4.78, 5) is 3.28. The Hall–Kier alpha value is -1.50. The largest absolute Gasteiger partial charge is 0.368 e. The molecule has 18 heavy (non-hydrogen) atoms. The maximum Gasteiger partial charge on any atom is 0.101 e. The van der Waals surface area contributed by atoms with Crippen molar-refractivity contribution in [2.45, 2.75) is 13.5 Å². The molecule has 0 fully saturated rings. The molecular formula is C14H13ClN2S. The first-order chi connectivity index (χ1) is 8.61. The Bertz CT molecular complexity index is 598. The van der Waals surface area contributed by atoms with Crippen LogP contribution in [0.25, 0.3) is 0 Å². The zero-order valence-electron chi connectivity index (χ0n) is 10.3. The van der Waals surface area contributed by atoms with E-state index in [-0.39, 0.29) is 0 Å². The van der Waals surface area contributed by atoms with E-state index < -0.39 is 0 Å². The van der Waals surface area contributed by atoms with Crippen molar-refractivity contribution in [3.05, 3.63) is 50.7 Å². The predicted octanol–water partition coefficient (Wildman–Crippen LogP) is 4.22. The Morgan fingerprint density at radius 3 is 2.72 bits per heavy atom. The molecule has 0 atom stereocenters. The Labute approximate surface area is 116 Å². The molecule has 0 amide bonds. The van der Waals surface area contributed by atoms with Crippen LogP contribution in [0.3, 0.4) is 0 Å². The van der Waals surface area contributed by atoms with E-state index in [1.165, 1.54) is 4.88 Å². The summed E-state index contributed by atoms with van der Waals surface area (Å²) in [6.07, 6.45) is 0. The highest BCUT2D eigenvalue weighted by Gasteiger charge is 2.11. The third-order valence-corrected chi connectivity index (χ3v) is 3.98. The minimum absolute atomic E-state index is 0.708. The van der Waals surface area contributed by atoms with E-state index in [9.17, 15) is 0 Å². The monoisotopic (exact) mass is 276 g/mol. The van der Waals surface area contributed by atoms with Crippen LogP contribution in [0.5, 0.6) is 0 Å². The molecule has 2 aromatic rings. The average Bonchev–Trinajstić information content (AvgIpc) is 2.74. The van der Waals surface area contributed by atoms with Gasteiger partial charge in [0, 0.05) is 11.9 Å². The number of halogens is 1. The van der Waals surface area contributed by atoms with Crippen molar-refractivity contribution in [3.8, 4) is 6.07 Å². The number of benzene rings is 1. The molecule has 0 aliphatic rings. The Morgan fingerprint density at radius 1 is 1.33 bits per heavy atom. The number of rotatable bonds is 3. The van der Waals surface area contributed by atoms with Gasteiger partial charge < -0.3 is 4.90 Å². The van der Waals surface area contributed by atoms with Gasteiger partial charge in [0.15, 0.2) is 0 Å². The summed E-state index contributed by atoms with van der Waals surface area (Å²) in [5, 5.41) is 9.17. The molecule has 4 heteroatoms. The molecule has 0 saturated carbocycles. The second-order valence-electron chi connectivity index (χ2n) is 4.14. The molecule has 0 aliphatic heterocycles. The summed E-state index contributed by atoms with van der Waals surface area (Å²) in [6.45, 7) is 2.78. The fourth-order valence-electron chi connectivity index (χ4n) is 2.01. The summed E-state index contributed by atoms with van der Waals surface area (Å²) in [6, 6.07) is 11.9. The molecule has 1 aromatic carbocycles. The summed E-state index contributed by atoms with van der Waals surface area (Å²) < 4.78 is 0.795. The van der Waals surface area contributed by atoms with Crippen molar-refractivity contribution in [2.75, 3.05) is 11.9 Å². The minimum atomic E-state index is 0.708. The lowest BCUT2D eigenvalue weighted by molar-refractivity contribution is 0.931. The lowest BCUT2D eigenvalue weighted by Crippen LogP contribution is -2.18. The van der Waals surface area contributed by atoms with Gasteiger partial charge in [-0.25, -0.2) is 0 Å². The van der Waals surface area contributed by atoms with Gasteiger partial charge in [-0.3, -0.25) is 0 Å². The van der Waals surface area contributed by atoms with Crippen LogP contribution >= 0.6 is 22.9 Å². The van der Waals surface area contributed by atoms with Crippen molar-refractivity contribution < 1.29 is 0 Å². The van der Waals surface area contributed by atoms with Gasteiger partial charge in [-0.2, -0.15) is 5.26 Å².